The zero-order chi connectivity index (χ0) is 11.3. The summed E-state index contributed by atoms with van der Waals surface area (Å²) in [6.07, 6.45) is 0. The van der Waals surface area contributed by atoms with E-state index in [4.69, 9.17) is 5.73 Å². The van der Waals surface area contributed by atoms with E-state index in [2.05, 4.69) is 30.6 Å². The second kappa shape index (κ2) is 2.89. The molecule has 78 valence electrons. The molecule has 0 radical (unpaired) electrons. The Labute approximate surface area is 94.1 Å². The molecule has 0 amide bonds. The third-order valence-corrected chi connectivity index (χ3v) is 2.95. The number of anilines is 1. The van der Waals surface area contributed by atoms with Crippen molar-refractivity contribution < 1.29 is 0 Å². The van der Waals surface area contributed by atoms with Crippen molar-refractivity contribution >= 4 is 27.9 Å². The Morgan fingerprint density at radius 3 is 2.56 bits per heavy atom. The average Bonchev–Trinajstić information content (AvgIpc) is 2.25. The van der Waals surface area contributed by atoms with Crippen LogP contribution in [-0.4, -0.2) is 0 Å². The molecule has 2 heteroatoms. The largest absolute Gasteiger partial charge is 0.399 e. The van der Waals surface area contributed by atoms with Crippen LogP contribution in [0.15, 0.2) is 43.5 Å². The number of benzene rings is 2. The van der Waals surface area contributed by atoms with Gasteiger partial charge in [-0.05, 0) is 17.5 Å². The zero-order valence-corrected chi connectivity index (χ0v) is 8.88. The van der Waals surface area contributed by atoms with E-state index in [1.165, 1.54) is 5.39 Å². The van der Waals surface area contributed by atoms with Crippen LogP contribution >= 0.6 is 0 Å². The molecular formula is C14H12N2. The monoisotopic (exact) mass is 208 g/mol. The maximum absolute atomic E-state index is 5.88. The Balaban J connectivity index is 2.55. The van der Waals surface area contributed by atoms with Crippen LogP contribution in [-0.2, 0) is 0 Å². The van der Waals surface area contributed by atoms with E-state index < -0.39 is 0 Å². The maximum atomic E-state index is 5.88. The smallest absolute Gasteiger partial charge is 0.0392 e. The van der Waals surface area contributed by atoms with Gasteiger partial charge in [0.1, 0.15) is 0 Å². The molecule has 1 heterocycles. The van der Waals surface area contributed by atoms with Crippen LogP contribution in [0.25, 0.3) is 22.2 Å². The first kappa shape index (κ1) is 9.04. The van der Waals surface area contributed by atoms with Gasteiger partial charge in [0.25, 0.3) is 0 Å². The van der Waals surface area contributed by atoms with Gasteiger partial charge in [-0.15, -0.1) is 0 Å². The Morgan fingerprint density at radius 2 is 1.75 bits per heavy atom. The lowest BCUT2D eigenvalue weighted by atomic mass is 9.92. The summed E-state index contributed by atoms with van der Waals surface area (Å²) in [7, 11) is 0. The second-order valence-corrected chi connectivity index (χ2v) is 4.05. The van der Waals surface area contributed by atoms with Gasteiger partial charge in [-0.3, -0.25) is 0 Å². The van der Waals surface area contributed by atoms with Crippen LogP contribution in [0.1, 0.15) is 11.1 Å². The van der Waals surface area contributed by atoms with E-state index in [1.54, 1.807) is 0 Å². The molecule has 0 saturated heterocycles. The van der Waals surface area contributed by atoms with Gasteiger partial charge in [-0.25, -0.2) is 0 Å². The predicted octanol–water partition coefficient (Wildman–Crippen LogP) is 2.97. The summed E-state index contributed by atoms with van der Waals surface area (Å²) in [4.78, 5) is 0. The van der Waals surface area contributed by atoms with E-state index in [0.29, 0.717) is 0 Å². The molecule has 16 heavy (non-hydrogen) atoms. The quantitative estimate of drug-likeness (QED) is 0.653. The summed E-state index contributed by atoms with van der Waals surface area (Å²) in [5.41, 5.74) is 10.6. The third kappa shape index (κ3) is 1.07. The fourth-order valence-corrected chi connectivity index (χ4v) is 2.26. The predicted molar refractivity (Wildman–Crippen MR) is 69.6 cm³/mol. The standard InChI is InChI=1S/C14H12N2/c1-8-12-5-3-4-10-6-11(15)7-13(14(10)12)9(2)16-8/h3-7,16H,1-2,15H2. The zero-order valence-electron chi connectivity index (χ0n) is 8.88. The highest BCUT2D eigenvalue weighted by Crippen LogP contribution is 2.35. The van der Waals surface area contributed by atoms with E-state index in [1.807, 2.05) is 18.2 Å². The highest BCUT2D eigenvalue weighted by molar-refractivity contribution is 6.06. The molecule has 3 N–H and O–H groups in total. The SMILES string of the molecule is C=C1NC(=C)c2cc(N)cc3cccc1c23. The van der Waals surface area contributed by atoms with E-state index in [-0.39, 0.29) is 0 Å². The maximum Gasteiger partial charge on any atom is 0.0392 e. The molecule has 2 nitrogen and oxygen atoms in total. The fourth-order valence-electron chi connectivity index (χ4n) is 2.26. The van der Waals surface area contributed by atoms with Gasteiger partial charge in [0.2, 0.25) is 0 Å². The molecule has 0 unspecified atom stereocenters. The van der Waals surface area contributed by atoms with E-state index >= 15 is 0 Å². The normalized spacial score (nSPS) is 14.0. The Kier molecular flexibility index (Phi) is 1.63. The molecule has 2 aromatic carbocycles. The highest BCUT2D eigenvalue weighted by Gasteiger charge is 2.17. The van der Waals surface area contributed by atoms with Crippen molar-refractivity contribution in [3.05, 3.63) is 54.6 Å². The van der Waals surface area contributed by atoms with Crippen LogP contribution in [0.3, 0.4) is 0 Å². The van der Waals surface area contributed by atoms with E-state index in [0.717, 1.165) is 33.6 Å². The first-order valence-electron chi connectivity index (χ1n) is 5.14. The van der Waals surface area contributed by atoms with E-state index in [9.17, 15) is 0 Å². The Bertz CT molecular complexity index is 638. The van der Waals surface area contributed by atoms with Crippen molar-refractivity contribution in [3.63, 3.8) is 0 Å². The first-order valence-corrected chi connectivity index (χ1v) is 5.14. The average molecular weight is 208 g/mol. The van der Waals surface area contributed by atoms with Gasteiger partial charge in [-0.2, -0.15) is 0 Å². The minimum Gasteiger partial charge on any atom is -0.399 e. The molecule has 0 saturated carbocycles. The van der Waals surface area contributed by atoms with Gasteiger partial charge in [0.05, 0.1) is 0 Å². The summed E-state index contributed by atoms with van der Waals surface area (Å²) in [5.74, 6) is 0. The van der Waals surface area contributed by atoms with Gasteiger partial charge < -0.3 is 11.1 Å². The lowest BCUT2D eigenvalue weighted by Crippen LogP contribution is -2.15. The summed E-state index contributed by atoms with van der Waals surface area (Å²) in [5, 5.41) is 5.50. The summed E-state index contributed by atoms with van der Waals surface area (Å²) >= 11 is 0. The molecule has 0 aromatic heterocycles. The van der Waals surface area contributed by atoms with Gasteiger partial charge in [0.15, 0.2) is 0 Å². The lowest BCUT2D eigenvalue weighted by molar-refractivity contribution is 1.24. The Morgan fingerprint density at radius 1 is 1.00 bits per heavy atom. The summed E-state index contributed by atoms with van der Waals surface area (Å²) in [6.45, 7) is 8.01. The van der Waals surface area contributed by atoms with Crippen molar-refractivity contribution in [2.75, 3.05) is 5.73 Å². The van der Waals surface area contributed by atoms with Crippen LogP contribution in [0.2, 0.25) is 0 Å². The molecule has 0 atom stereocenters. The number of nitrogens with two attached hydrogens (primary N) is 1. The van der Waals surface area contributed by atoms with Crippen LogP contribution in [0.5, 0.6) is 0 Å². The molecule has 1 aliphatic heterocycles. The van der Waals surface area contributed by atoms with Crippen molar-refractivity contribution in [1.29, 1.82) is 0 Å². The minimum absolute atomic E-state index is 0.759. The molecule has 0 aliphatic carbocycles. The summed E-state index contributed by atoms with van der Waals surface area (Å²) in [6, 6.07) is 10.1. The number of nitrogen functional groups attached to an aromatic ring is 1. The minimum atomic E-state index is 0.759. The van der Waals surface area contributed by atoms with Crippen molar-refractivity contribution in [1.82, 2.24) is 5.32 Å². The fraction of sp³-hybridized carbons (Fsp3) is 0. The lowest BCUT2D eigenvalue weighted by Gasteiger charge is -2.23. The number of hydrogen-bond donors (Lipinski definition) is 2. The topological polar surface area (TPSA) is 38.0 Å². The van der Waals surface area contributed by atoms with Crippen molar-refractivity contribution in [3.8, 4) is 0 Å². The summed E-state index contributed by atoms with van der Waals surface area (Å²) < 4.78 is 0. The Hall–Kier alpha value is -2.22. The van der Waals surface area contributed by atoms with Crippen LogP contribution < -0.4 is 11.1 Å². The number of rotatable bonds is 0. The molecular weight excluding hydrogens is 196 g/mol. The van der Waals surface area contributed by atoms with Crippen LogP contribution in [0.4, 0.5) is 5.69 Å². The number of nitrogens with one attached hydrogen (secondary N) is 1. The van der Waals surface area contributed by atoms with Gasteiger partial charge in [0, 0.05) is 33.6 Å². The third-order valence-electron chi connectivity index (χ3n) is 2.95. The molecule has 0 bridgehead atoms. The molecule has 0 fully saturated rings. The first-order chi connectivity index (χ1) is 7.66. The van der Waals surface area contributed by atoms with Gasteiger partial charge in [-0.1, -0.05) is 31.4 Å². The molecule has 1 aliphatic rings. The molecule has 2 aromatic rings. The van der Waals surface area contributed by atoms with Crippen LogP contribution in [0, 0.1) is 0 Å². The highest BCUT2D eigenvalue weighted by atomic mass is 14.9. The molecule has 0 spiro atoms. The number of hydrogen-bond acceptors (Lipinski definition) is 2. The second-order valence-electron chi connectivity index (χ2n) is 4.05. The van der Waals surface area contributed by atoms with Crippen molar-refractivity contribution in [2.24, 2.45) is 0 Å². The molecule has 3 rings (SSSR count). The van der Waals surface area contributed by atoms with Gasteiger partial charge >= 0.3 is 0 Å². The van der Waals surface area contributed by atoms with Crippen molar-refractivity contribution in [2.45, 2.75) is 0 Å².